The molecule has 4 rings (SSSR count). The zero-order valence-corrected chi connectivity index (χ0v) is 20.5. The van der Waals surface area contributed by atoms with Gasteiger partial charge in [0.2, 0.25) is 0 Å². The molecule has 0 saturated heterocycles. The number of carbonyl (C=O) groups is 2. The fourth-order valence-corrected chi connectivity index (χ4v) is 4.16. The normalized spacial score (nSPS) is 11.0. The molecule has 0 aliphatic heterocycles. The Hall–Kier alpha value is -4.16. The lowest BCUT2D eigenvalue weighted by Crippen LogP contribution is -2.32. The zero-order valence-electron chi connectivity index (χ0n) is 19.7. The van der Waals surface area contributed by atoms with E-state index in [0.29, 0.717) is 49.3 Å². The van der Waals surface area contributed by atoms with E-state index in [0.717, 1.165) is 0 Å². The molecule has 0 atom stereocenters. The molecule has 0 fully saturated rings. The first-order valence-corrected chi connectivity index (χ1v) is 11.5. The lowest BCUT2D eigenvalue weighted by Gasteiger charge is -2.13. The maximum Gasteiger partial charge on any atom is 0.267 e. The summed E-state index contributed by atoms with van der Waals surface area (Å²) in [6, 6.07) is 10.1. The van der Waals surface area contributed by atoms with Gasteiger partial charge in [0.15, 0.2) is 16.3 Å². The van der Waals surface area contributed by atoms with Crippen molar-refractivity contribution in [3.05, 3.63) is 57.9 Å². The van der Waals surface area contributed by atoms with Crippen molar-refractivity contribution >= 4 is 45.8 Å². The van der Waals surface area contributed by atoms with E-state index in [1.54, 1.807) is 41.0 Å². The van der Waals surface area contributed by atoms with Crippen LogP contribution in [0, 0.1) is 10.2 Å². The smallest absolute Gasteiger partial charge is 0.267 e. The molecule has 2 heterocycles. The van der Waals surface area contributed by atoms with E-state index in [1.165, 1.54) is 14.2 Å². The van der Waals surface area contributed by atoms with Gasteiger partial charge in [-0.3, -0.25) is 15.0 Å². The Morgan fingerprint density at radius 1 is 1.00 bits per heavy atom. The van der Waals surface area contributed by atoms with E-state index in [2.05, 4.69) is 20.6 Å². The van der Waals surface area contributed by atoms with Gasteiger partial charge in [-0.15, -0.1) is 0 Å². The predicted molar refractivity (Wildman–Crippen MR) is 136 cm³/mol. The molecule has 0 aliphatic rings. The van der Waals surface area contributed by atoms with E-state index >= 15 is 0 Å². The summed E-state index contributed by atoms with van der Waals surface area (Å²) in [6.07, 6.45) is 0. The first-order chi connectivity index (χ1) is 17.4. The van der Waals surface area contributed by atoms with E-state index in [1.807, 2.05) is 0 Å². The van der Waals surface area contributed by atoms with Gasteiger partial charge in [0.05, 0.1) is 26.3 Å². The van der Waals surface area contributed by atoms with Gasteiger partial charge in [0, 0.05) is 47.6 Å². The Labute approximate surface area is 210 Å². The molecule has 6 N–H and O–H groups in total. The minimum absolute atomic E-state index is 0.143. The molecule has 2 aromatic heterocycles. The Bertz CT molecular complexity index is 1570. The monoisotopic (exact) mass is 510 g/mol. The maximum atomic E-state index is 12.7. The van der Waals surface area contributed by atoms with Crippen LogP contribution in [-0.4, -0.2) is 65.4 Å². The number of aliphatic hydroxyl groups is 1. The highest BCUT2D eigenvalue weighted by Gasteiger charge is 2.13. The van der Waals surface area contributed by atoms with Crippen LogP contribution >= 0.6 is 12.2 Å². The molecule has 0 aliphatic carbocycles. The van der Waals surface area contributed by atoms with Crippen molar-refractivity contribution in [1.82, 2.24) is 25.2 Å². The third-order valence-electron chi connectivity index (χ3n) is 5.68. The molecule has 4 aromatic rings. The second-order valence-electron chi connectivity index (χ2n) is 7.90. The Morgan fingerprint density at radius 2 is 1.72 bits per heavy atom. The molecular weight excluding hydrogens is 484 g/mol. The number of carbonyl (C=O) groups excluding carboxylic acids is 2. The van der Waals surface area contributed by atoms with Crippen molar-refractivity contribution in [1.29, 1.82) is 5.41 Å². The van der Waals surface area contributed by atoms with Crippen molar-refractivity contribution in [3.8, 4) is 11.5 Å². The molecule has 0 bridgehead atoms. The molecule has 11 nitrogen and oxygen atoms in total. The summed E-state index contributed by atoms with van der Waals surface area (Å²) in [6.45, 7) is 0.531. The van der Waals surface area contributed by atoms with Crippen LogP contribution in [0.25, 0.3) is 21.8 Å². The van der Waals surface area contributed by atoms with E-state index in [9.17, 15) is 9.59 Å². The molecule has 0 spiro atoms. The van der Waals surface area contributed by atoms with Crippen LogP contribution in [0.4, 0.5) is 0 Å². The Balaban J connectivity index is 1.48. The van der Waals surface area contributed by atoms with E-state index in [-0.39, 0.29) is 43.5 Å². The van der Waals surface area contributed by atoms with Crippen molar-refractivity contribution in [2.45, 2.75) is 6.54 Å². The van der Waals surface area contributed by atoms with Crippen molar-refractivity contribution in [2.24, 2.45) is 0 Å². The van der Waals surface area contributed by atoms with Crippen molar-refractivity contribution in [2.75, 3.05) is 33.9 Å². The predicted octanol–water partition coefficient (Wildman–Crippen LogP) is 1.83. The minimum Gasteiger partial charge on any atom is -0.493 e. The highest BCUT2D eigenvalue weighted by atomic mass is 32.1. The average Bonchev–Trinajstić information content (AvgIpc) is 3.32. The van der Waals surface area contributed by atoms with Crippen LogP contribution < -0.4 is 25.6 Å². The fraction of sp³-hybridized carbons (Fsp3) is 0.250. The molecule has 188 valence electrons. The summed E-state index contributed by atoms with van der Waals surface area (Å²) < 4.78 is 12.6. The van der Waals surface area contributed by atoms with Gasteiger partial charge in [-0.05, 0) is 42.5 Å². The first-order valence-electron chi connectivity index (χ1n) is 11.1. The van der Waals surface area contributed by atoms with Gasteiger partial charge in [-0.25, -0.2) is 0 Å². The number of aliphatic hydroxyl groups excluding tert-OH is 1. The van der Waals surface area contributed by atoms with Crippen molar-refractivity contribution < 1.29 is 24.2 Å². The molecule has 0 radical (unpaired) electrons. The lowest BCUT2D eigenvalue weighted by molar-refractivity contribution is 0.0938. The van der Waals surface area contributed by atoms with Gasteiger partial charge >= 0.3 is 0 Å². The first kappa shape index (κ1) is 24.9. The number of hydrogen-bond donors (Lipinski definition) is 6. The SMILES string of the molecule is COc1cc2[nH]c(=S)n(CCNC(=O)c3cc4cc(C(=O)NCCO)ccc4[nH]3)c(=N)c2cc1OC. The highest BCUT2D eigenvalue weighted by molar-refractivity contribution is 7.71. The Kier molecular flexibility index (Phi) is 7.36. The number of nitrogens with zero attached hydrogens (tertiary/aromatic N) is 1. The summed E-state index contributed by atoms with van der Waals surface area (Å²) in [5, 5.41) is 24.2. The number of aromatic nitrogens is 3. The molecule has 0 unspecified atom stereocenters. The number of H-pyrrole nitrogens is 2. The largest absolute Gasteiger partial charge is 0.493 e. The lowest BCUT2D eigenvalue weighted by atomic mass is 10.1. The molecule has 2 aromatic carbocycles. The van der Waals surface area contributed by atoms with Crippen LogP contribution in [-0.2, 0) is 6.54 Å². The third-order valence-corrected chi connectivity index (χ3v) is 6.00. The minimum atomic E-state index is -0.327. The molecule has 12 heteroatoms. The second-order valence-corrected chi connectivity index (χ2v) is 8.29. The summed E-state index contributed by atoms with van der Waals surface area (Å²) in [5.41, 5.74) is 2.31. The summed E-state index contributed by atoms with van der Waals surface area (Å²) in [4.78, 5) is 31.0. The zero-order chi connectivity index (χ0) is 25.8. The van der Waals surface area contributed by atoms with Crippen LogP contribution in [0.1, 0.15) is 20.8 Å². The molecule has 0 saturated carbocycles. The van der Waals surface area contributed by atoms with Crippen LogP contribution in [0.5, 0.6) is 11.5 Å². The van der Waals surface area contributed by atoms with Gasteiger partial charge in [0.1, 0.15) is 11.2 Å². The molecular formula is C24H26N6O5S. The molecule has 2 amide bonds. The quantitative estimate of drug-likeness (QED) is 0.189. The number of ether oxygens (including phenoxy) is 2. The highest BCUT2D eigenvalue weighted by Crippen LogP contribution is 2.29. The number of rotatable bonds is 9. The van der Waals surface area contributed by atoms with E-state index in [4.69, 9.17) is 32.2 Å². The number of aromatic amines is 2. The van der Waals surface area contributed by atoms with E-state index < -0.39 is 0 Å². The number of amides is 2. The van der Waals surface area contributed by atoms with Gasteiger partial charge in [-0.1, -0.05) is 0 Å². The standard InChI is InChI=1S/C24H26N6O5S/c1-34-19-11-15-17(12-20(19)35-2)29-24(36)30(21(15)25)7-5-26-23(33)18-10-14-9-13(3-4-16(14)28-18)22(32)27-6-8-31/h3-4,9-12,25,28,31H,5-8H2,1-2H3,(H,26,33)(H,27,32)(H,29,36). The maximum absolute atomic E-state index is 12.7. The van der Waals surface area contributed by atoms with Gasteiger partial charge in [0.25, 0.3) is 11.8 Å². The number of methoxy groups -OCH3 is 2. The number of fused-ring (bicyclic) bond motifs is 2. The fourth-order valence-electron chi connectivity index (χ4n) is 3.87. The average molecular weight is 511 g/mol. The number of benzene rings is 2. The molecule has 36 heavy (non-hydrogen) atoms. The summed E-state index contributed by atoms with van der Waals surface area (Å²) in [5.74, 6) is 0.393. The van der Waals surface area contributed by atoms with Crippen molar-refractivity contribution in [3.63, 3.8) is 0 Å². The number of hydrogen-bond acceptors (Lipinski definition) is 7. The number of nitrogens with one attached hydrogen (secondary N) is 5. The summed E-state index contributed by atoms with van der Waals surface area (Å²) >= 11 is 5.43. The Morgan fingerprint density at radius 3 is 2.44 bits per heavy atom. The van der Waals surface area contributed by atoms with Crippen LogP contribution in [0.15, 0.2) is 36.4 Å². The van der Waals surface area contributed by atoms with Gasteiger partial charge < -0.3 is 39.7 Å². The second kappa shape index (κ2) is 10.6. The third kappa shape index (κ3) is 4.95. The van der Waals surface area contributed by atoms with Crippen LogP contribution in [0.2, 0.25) is 0 Å². The van der Waals surface area contributed by atoms with Crippen LogP contribution in [0.3, 0.4) is 0 Å². The summed E-state index contributed by atoms with van der Waals surface area (Å²) in [7, 11) is 3.06. The topological polar surface area (TPSA) is 157 Å². The van der Waals surface area contributed by atoms with Gasteiger partial charge in [-0.2, -0.15) is 0 Å².